The number of rotatable bonds is 3. The summed E-state index contributed by atoms with van der Waals surface area (Å²) in [6.45, 7) is 0. The van der Waals surface area contributed by atoms with Crippen LogP contribution in [0.15, 0.2) is 150 Å². The van der Waals surface area contributed by atoms with Gasteiger partial charge in [-0.25, -0.2) is 0 Å². The summed E-state index contributed by atoms with van der Waals surface area (Å²) in [5, 5.41) is 0.488. The lowest BCUT2D eigenvalue weighted by Gasteiger charge is -2.18. The Morgan fingerprint density at radius 2 is 0.949 bits per heavy atom. The van der Waals surface area contributed by atoms with Crippen molar-refractivity contribution in [3.63, 3.8) is 0 Å². The average Bonchev–Trinajstić information content (AvgIpc) is 3.55. The third kappa shape index (κ3) is 3.41. The maximum Gasteiger partial charge on any atom is 0.143 e. The summed E-state index contributed by atoms with van der Waals surface area (Å²) in [5.74, 6) is 0. The van der Waals surface area contributed by atoms with Gasteiger partial charge in [-0.05, 0) is 49.8 Å². The van der Waals surface area contributed by atoms with Crippen LogP contribution in [0, 0.1) is 0 Å². The molecule has 7 aromatic carbocycles. The summed E-state index contributed by atoms with van der Waals surface area (Å²) in [5.41, 5.74) is 2.70. The summed E-state index contributed by atoms with van der Waals surface area (Å²) in [6.07, 6.45) is 0. The fraction of sp³-hybridized carbons (Fsp3) is 0. The Balaban J connectivity index is 1.62. The molecule has 0 unspecified atom stereocenters. The third-order valence-corrected chi connectivity index (χ3v) is 7.07. The Kier molecular flexibility index (Phi) is 2.92. The molecule has 0 bridgehead atoms. The quantitative estimate of drug-likeness (QED) is 0.216. The van der Waals surface area contributed by atoms with Crippen LogP contribution in [-0.2, 0) is 0 Å². The van der Waals surface area contributed by atoms with Gasteiger partial charge < -0.3 is 4.42 Å². The summed E-state index contributed by atoms with van der Waals surface area (Å²) in [7, 11) is 0. The van der Waals surface area contributed by atoms with Crippen LogP contribution in [0.1, 0.15) is 16.4 Å². The van der Waals surface area contributed by atoms with E-state index in [0.29, 0.717) is 10.9 Å². The van der Waals surface area contributed by atoms with Crippen LogP contribution in [-0.4, -0.2) is 0 Å². The van der Waals surface area contributed by atoms with Gasteiger partial charge in [0, 0.05) is 21.9 Å². The van der Waals surface area contributed by atoms with Crippen molar-refractivity contribution in [2.45, 2.75) is 0 Å². The van der Waals surface area contributed by atoms with E-state index in [1.54, 1.807) is 30.3 Å². The molecule has 0 aliphatic heterocycles. The number of fused-ring (bicyclic) bond motifs is 5. The van der Waals surface area contributed by atoms with E-state index in [0.717, 1.165) is 11.1 Å². The van der Waals surface area contributed by atoms with Gasteiger partial charge in [-0.2, -0.15) is 0 Å². The molecule has 39 heavy (non-hydrogen) atoms. The lowest BCUT2D eigenvalue weighted by molar-refractivity contribution is 0.670. The van der Waals surface area contributed by atoms with Gasteiger partial charge in [-0.3, -0.25) is 0 Å². The summed E-state index contributed by atoms with van der Waals surface area (Å²) >= 11 is 0. The molecule has 0 spiro atoms. The molecule has 0 fully saturated rings. The maximum absolute atomic E-state index is 9.23. The molecule has 8 aromatic rings. The van der Waals surface area contributed by atoms with Gasteiger partial charge in [0.1, 0.15) is 11.2 Å². The van der Waals surface area contributed by atoms with Crippen molar-refractivity contribution in [1.82, 2.24) is 0 Å². The van der Waals surface area contributed by atoms with Crippen molar-refractivity contribution in [3.8, 4) is 33.4 Å². The van der Waals surface area contributed by atoms with Crippen molar-refractivity contribution >= 4 is 43.5 Å². The summed E-state index contributed by atoms with van der Waals surface area (Å²) in [4.78, 5) is 0. The first-order valence-electron chi connectivity index (χ1n) is 18.4. The normalized spacial score (nSPS) is 15.9. The number of para-hydroxylation sites is 2. The lowest BCUT2D eigenvalue weighted by Crippen LogP contribution is -1.91. The second-order valence-electron chi connectivity index (χ2n) is 9.18. The van der Waals surface area contributed by atoms with Gasteiger partial charge >= 0.3 is 0 Å². The molecule has 1 heterocycles. The molecule has 0 aliphatic carbocycles. The molecule has 0 radical (unpaired) electrons. The fourth-order valence-corrected chi connectivity index (χ4v) is 5.35. The molecule has 8 rings (SSSR count). The molecule has 0 N–H and O–H groups in total. The van der Waals surface area contributed by atoms with Crippen molar-refractivity contribution in [1.29, 1.82) is 0 Å². The third-order valence-electron chi connectivity index (χ3n) is 7.07. The number of benzene rings is 7. The summed E-state index contributed by atoms with van der Waals surface area (Å²) in [6, 6.07) is 16.2. The maximum atomic E-state index is 9.23. The molecule has 0 amide bonds. The monoisotopic (exact) mass is 508 g/mol. The highest BCUT2D eigenvalue weighted by Crippen LogP contribution is 2.46. The zero-order chi connectivity index (χ0) is 36.2. The second kappa shape index (κ2) is 8.72. The molecular formula is C38H24O. The van der Waals surface area contributed by atoms with E-state index in [2.05, 4.69) is 0 Å². The SMILES string of the molecule is [2H]c1c([2H])c([2H])c2c(oc3c(-c4c5c([2H])c([2H])c([2H])c([2H])c5c(-c5ccc(-c6ccccc6)cc5)c5c([2H])c([2H])c([2H])c([2H])c45)cccc32)c1[2H]. The van der Waals surface area contributed by atoms with E-state index in [4.69, 9.17) is 15.4 Å². The van der Waals surface area contributed by atoms with Crippen molar-refractivity contribution in [3.05, 3.63) is 145 Å². The Morgan fingerprint density at radius 3 is 1.62 bits per heavy atom. The van der Waals surface area contributed by atoms with E-state index in [1.807, 2.05) is 42.5 Å². The van der Waals surface area contributed by atoms with Gasteiger partial charge in [0.25, 0.3) is 0 Å². The number of furan rings is 1. The molecule has 0 aliphatic rings. The fourth-order valence-electron chi connectivity index (χ4n) is 5.35. The van der Waals surface area contributed by atoms with Crippen LogP contribution in [0.4, 0.5) is 0 Å². The van der Waals surface area contributed by atoms with Gasteiger partial charge in [-0.1, -0.05) is 139 Å². The van der Waals surface area contributed by atoms with Gasteiger partial charge in [0.05, 0.1) is 16.4 Å². The van der Waals surface area contributed by atoms with Gasteiger partial charge in [0.15, 0.2) is 0 Å². The molecule has 0 saturated carbocycles. The Labute approximate surface area is 243 Å². The molecule has 1 heteroatoms. The topological polar surface area (TPSA) is 13.1 Å². The first-order chi connectivity index (χ1) is 24.3. The van der Waals surface area contributed by atoms with Gasteiger partial charge in [-0.15, -0.1) is 0 Å². The first-order valence-corrected chi connectivity index (χ1v) is 12.4. The predicted molar refractivity (Wildman–Crippen MR) is 165 cm³/mol. The molecule has 1 aromatic heterocycles. The van der Waals surface area contributed by atoms with E-state index in [-0.39, 0.29) is 60.8 Å². The van der Waals surface area contributed by atoms with Crippen LogP contribution in [0.2, 0.25) is 0 Å². The highest BCUT2D eigenvalue weighted by Gasteiger charge is 2.19. The largest absolute Gasteiger partial charge is 0.455 e. The Hall–Kier alpha value is -5.14. The Bertz CT molecular complexity index is 2730. The standard InChI is InChI=1S/C38H24O/c1-2-11-25(12-3-1)26-21-23-27(24-22-26)36-29-14-4-6-16-31(29)37(32-17-7-5-15-30(32)36)34-19-10-18-33-28-13-8-9-20-35(28)39-38(33)34/h1-24H/i4D,5D,6D,7D,8D,9D,13D,14D,15D,16D,17D,20D. The van der Waals surface area contributed by atoms with E-state index in [9.17, 15) is 5.48 Å². The van der Waals surface area contributed by atoms with E-state index in [1.165, 1.54) is 0 Å². The zero-order valence-corrected chi connectivity index (χ0v) is 20.3. The zero-order valence-electron chi connectivity index (χ0n) is 32.3. The smallest absolute Gasteiger partial charge is 0.143 e. The molecule has 1 nitrogen and oxygen atoms in total. The molecule has 182 valence electrons. The van der Waals surface area contributed by atoms with Crippen LogP contribution < -0.4 is 0 Å². The minimum absolute atomic E-state index is 0.00632. The van der Waals surface area contributed by atoms with Crippen LogP contribution in [0.5, 0.6) is 0 Å². The number of hydrogen-bond donors (Lipinski definition) is 0. The lowest BCUT2D eigenvalue weighted by atomic mass is 9.85. The highest BCUT2D eigenvalue weighted by atomic mass is 16.3. The van der Waals surface area contributed by atoms with Crippen molar-refractivity contribution in [2.24, 2.45) is 0 Å². The van der Waals surface area contributed by atoms with E-state index < -0.39 is 66.5 Å². The second-order valence-corrected chi connectivity index (χ2v) is 9.18. The molecule has 0 atom stereocenters. The predicted octanol–water partition coefficient (Wildman–Crippen LogP) is 10.9. The van der Waals surface area contributed by atoms with Crippen molar-refractivity contribution < 1.29 is 20.9 Å². The molecular weight excluding hydrogens is 472 g/mol. The van der Waals surface area contributed by atoms with Crippen LogP contribution in [0.3, 0.4) is 0 Å². The minimum Gasteiger partial charge on any atom is -0.455 e. The summed E-state index contributed by atoms with van der Waals surface area (Å²) < 4.78 is 111. The van der Waals surface area contributed by atoms with Gasteiger partial charge in [0.2, 0.25) is 0 Å². The van der Waals surface area contributed by atoms with Crippen LogP contribution >= 0.6 is 0 Å². The van der Waals surface area contributed by atoms with Crippen LogP contribution in [0.25, 0.3) is 76.9 Å². The molecule has 0 saturated heterocycles. The first kappa shape index (κ1) is 13.1. The average molecular weight is 509 g/mol. The highest BCUT2D eigenvalue weighted by molar-refractivity contribution is 6.24. The number of hydrogen-bond acceptors (Lipinski definition) is 1. The Morgan fingerprint density at radius 1 is 0.410 bits per heavy atom. The van der Waals surface area contributed by atoms with E-state index >= 15 is 0 Å². The minimum atomic E-state index is -0.546. The van der Waals surface area contributed by atoms with Crippen molar-refractivity contribution in [2.75, 3.05) is 0 Å².